The number of hydrogen-bond acceptors (Lipinski definition) is 3. The van der Waals surface area contributed by atoms with Crippen LogP contribution in [0.5, 0.6) is 0 Å². The molecule has 0 saturated heterocycles. The molecule has 1 aromatic heterocycles. The highest BCUT2D eigenvalue weighted by Crippen LogP contribution is 2.25. The van der Waals surface area contributed by atoms with Crippen LogP contribution in [0.2, 0.25) is 0 Å². The molecular formula is C28H42FN3. The Kier molecular flexibility index (Phi) is 12.5. The van der Waals surface area contributed by atoms with E-state index in [0.717, 1.165) is 18.5 Å². The molecule has 0 aromatic carbocycles. The van der Waals surface area contributed by atoms with Crippen LogP contribution >= 0.6 is 0 Å². The molecule has 0 amide bonds. The fourth-order valence-corrected chi connectivity index (χ4v) is 3.80. The zero-order valence-electron chi connectivity index (χ0n) is 20.9. The molecule has 1 rings (SSSR count). The highest BCUT2D eigenvalue weighted by atomic mass is 19.1. The minimum atomic E-state index is -0.440. The molecule has 176 valence electrons. The van der Waals surface area contributed by atoms with E-state index in [1.807, 2.05) is 6.08 Å². The minimum Gasteiger partial charge on any atom is -0.364 e. The number of rotatable bonds is 14. The summed E-state index contributed by atoms with van der Waals surface area (Å²) in [5, 5.41) is 6.60. The molecule has 4 heteroatoms. The lowest BCUT2D eigenvalue weighted by Crippen LogP contribution is -2.32. The number of aromatic nitrogens is 1. The molecule has 0 bridgehead atoms. The summed E-state index contributed by atoms with van der Waals surface area (Å²) in [7, 11) is 0. The van der Waals surface area contributed by atoms with E-state index in [4.69, 9.17) is 6.42 Å². The summed E-state index contributed by atoms with van der Waals surface area (Å²) in [6.45, 7) is 16.7. The number of nitrogens with zero attached hydrogens (tertiary/aromatic N) is 1. The number of anilines is 2. The van der Waals surface area contributed by atoms with Crippen molar-refractivity contribution in [3.8, 4) is 12.3 Å². The average molecular weight is 440 g/mol. The van der Waals surface area contributed by atoms with E-state index >= 15 is 0 Å². The second-order valence-electron chi connectivity index (χ2n) is 8.97. The topological polar surface area (TPSA) is 37.0 Å². The van der Waals surface area contributed by atoms with E-state index in [1.54, 1.807) is 6.08 Å². The zero-order chi connectivity index (χ0) is 24.1. The Morgan fingerprint density at radius 3 is 2.38 bits per heavy atom. The van der Waals surface area contributed by atoms with Crippen LogP contribution in [0.4, 0.5) is 16.0 Å². The number of halogens is 1. The standard InChI is InChI=1S/C28H42FN3/c1-9-13-14-15-17-22(11-3)18-24(16-10-2)30-27-23(12-4)19-25(29)28(32-27)31-26(20(5)6)21(7)8/h4,10,16,18-21,26H,2,9,11,13-15,17H2,1,3,5-8H3,(H2,30,31,32)/b22-18+,24-16+. The smallest absolute Gasteiger partial charge is 0.166 e. The molecule has 1 heterocycles. The molecule has 0 saturated carbocycles. The van der Waals surface area contributed by atoms with Gasteiger partial charge in [-0.15, -0.1) is 6.42 Å². The van der Waals surface area contributed by atoms with E-state index in [0.29, 0.717) is 23.2 Å². The van der Waals surface area contributed by atoms with Crippen LogP contribution in [0.15, 0.2) is 42.1 Å². The average Bonchev–Trinajstić information content (AvgIpc) is 2.75. The van der Waals surface area contributed by atoms with Crippen LogP contribution < -0.4 is 10.6 Å². The number of terminal acetylenes is 1. The van der Waals surface area contributed by atoms with Gasteiger partial charge in [-0.05, 0) is 49.3 Å². The molecule has 0 aliphatic rings. The number of hydrogen-bond donors (Lipinski definition) is 2. The van der Waals surface area contributed by atoms with Crippen molar-refractivity contribution in [2.24, 2.45) is 11.8 Å². The Morgan fingerprint density at radius 1 is 1.16 bits per heavy atom. The van der Waals surface area contributed by atoms with Gasteiger partial charge in [0.2, 0.25) is 0 Å². The molecule has 0 aliphatic heterocycles. The van der Waals surface area contributed by atoms with Gasteiger partial charge in [0.15, 0.2) is 11.6 Å². The van der Waals surface area contributed by atoms with Gasteiger partial charge >= 0.3 is 0 Å². The van der Waals surface area contributed by atoms with Crippen molar-refractivity contribution in [2.45, 2.75) is 86.1 Å². The number of allylic oxidation sites excluding steroid dienone is 4. The highest BCUT2D eigenvalue weighted by Gasteiger charge is 2.20. The maximum Gasteiger partial charge on any atom is 0.166 e. The summed E-state index contributed by atoms with van der Waals surface area (Å²) in [6.07, 6.45) is 18.4. The fraction of sp³-hybridized carbons (Fsp3) is 0.536. The van der Waals surface area contributed by atoms with Gasteiger partial charge in [-0.25, -0.2) is 9.37 Å². The van der Waals surface area contributed by atoms with Crippen molar-refractivity contribution in [3.05, 3.63) is 53.5 Å². The lowest BCUT2D eigenvalue weighted by atomic mass is 9.93. The van der Waals surface area contributed by atoms with Crippen molar-refractivity contribution >= 4 is 11.6 Å². The Labute approximate surface area is 195 Å². The van der Waals surface area contributed by atoms with Crippen molar-refractivity contribution < 1.29 is 4.39 Å². The molecule has 2 N–H and O–H groups in total. The van der Waals surface area contributed by atoms with E-state index in [1.165, 1.54) is 37.3 Å². The van der Waals surface area contributed by atoms with Gasteiger partial charge in [-0.1, -0.05) is 85.0 Å². The molecule has 1 aromatic rings. The Balaban J connectivity index is 3.22. The summed E-state index contributed by atoms with van der Waals surface area (Å²) in [6, 6.07) is 1.47. The van der Waals surface area contributed by atoms with Crippen molar-refractivity contribution in [2.75, 3.05) is 10.6 Å². The first kappa shape index (κ1) is 27.5. The van der Waals surface area contributed by atoms with Crippen LogP contribution in [0, 0.1) is 30.0 Å². The molecule has 0 radical (unpaired) electrons. The summed E-state index contributed by atoms with van der Waals surface area (Å²) < 4.78 is 14.8. The van der Waals surface area contributed by atoms with Crippen LogP contribution in [-0.2, 0) is 0 Å². The van der Waals surface area contributed by atoms with E-state index in [2.05, 4.69) is 75.7 Å². The van der Waals surface area contributed by atoms with Crippen LogP contribution in [0.3, 0.4) is 0 Å². The predicted octanol–water partition coefficient (Wildman–Crippen LogP) is 8.08. The van der Waals surface area contributed by atoms with Crippen molar-refractivity contribution in [3.63, 3.8) is 0 Å². The minimum absolute atomic E-state index is 0.0967. The molecule has 0 fully saturated rings. The van der Waals surface area contributed by atoms with Gasteiger partial charge in [-0.3, -0.25) is 0 Å². The maximum atomic E-state index is 14.8. The van der Waals surface area contributed by atoms with Gasteiger partial charge < -0.3 is 10.6 Å². The third-order valence-electron chi connectivity index (χ3n) is 5.60. The van der Waals surface area contributed by atoms with E-state index in [9.17, 15) is 4.39 Å². The molecular weight excluding hydrogens is 397 g/mol. The normalized spacial score (nSPS) is 12.4. The molecule has 0 unspecified atom stereocenters. The molecule has 0 spiro atoms. The van der Waals surface area contributed by atoms with Crippen LogP contribution in [0.1, 0.15) is 85.6 Å². The molecule has 0 aliphatic carbocycles. The number of nitrogens with one attached hydrogen (secondary N) is 2. The Bertz CT molecular complexity index is 820. The second-order valence-corrected chi connectivity index (χ2v) is 8.97. The van der Waals surface area contributed by atoms with Gasteiger partial charge in [-0.2, -0.15) is 0 Å². The Hall–Kier alpha value is -2.54. The monoisotopic (exact) mass is 439 g/mol. The first-order valence-electron chi connectivity index (χ1n) is 12.0. The first-order valence-corrected chi connectivity index (χ1v) is 12.0. The Morgan fingerprint density at radius 2 is 1.84 bits per heavy atom. The van der Waals surface area contributed by atoms with Crippen molar-refractivity contribution in [1.82, 2.24) is 4.98 Å². The van der Waals surface area contributed by atoms with Gasteiger partial charge in [0.25, 0.3) is 0 Å². The van der Waals surface area contributed by atoms with Gasteiger partial charge in [0.05, 0.1) is 5.56 Å². The lowest BCUT2D eigenvalue weighted by Gasteiger charge is -2.27. The summed E-state index contributed by atoms with van der Waals surface area (Å²) in [5.41, 5.74) is 2.59. The van der Waals surface area contributed by atoms with Crippen LogP contribution in [-0.4, -0.2) is 11.0 Å². The number of unbranched alkanes of at least 4 members (excludes halogenated alkanes) is 3. The zero-order valence-corrected chi connectivity index (χ0v) is 20.9. The maximum absolute atomic E-state index is 14.8. The van der Waals surface area contributed by atoms with E-state index < -0.39 is 5.82 Å². The fourth-order valence-electron chi connectivity index (χ4n) is 3.80. The molecule has 3 nitrogen and oxygen atoms in total. The highest BCUT2D eigenvalue weighted by molar-refractivity contribution is 5.62. The number of pyridine rings is 1. The lowest BCUT2D eigenvalue weighted by molar-refractivity contribution is 0.410. The SMILES string of the molecule is C#Cc1cc(F)c(NC(C(C)C)C(C)C)nc1NC(/C=C(\CC)CCCCCC)=C/C=C. The van der Waals surface area contributed by atoms with Crippen LogP contribution in [0.25, 0.3) is 0 Å². The molecule has 0 atom stereocenters. The van der Waals surface area contributed by atoms with Gasteiger partial charge in [0, 0.05) is 11.7 Å². The third-order valence-corrected chi connectivity index (χ3v) is 5.60. The predicted molar refractivity (Wildman–Crippen MR) is 138 cm³/mol. The molecule has 32 heavy (non-hydrogen) atoms. The quantitative estimate of drug-likeness (QED) is 0.175. The second kappa shape index (κ2) is 14.5. The summed E-state index contributed by atoms with van der Waals surface area (Å²) in [5.74, 6) is 3.47. The third kappa shape index (κ3) is 8.91. The largest absolute Gasteiger partial charge is 0.364 e. The first-order chi connectivity index (χ1) is 15.3. The van der Waals surface area contributed by atoms with Crippen molar-refractivity contribution in [1.29, 1.82) is 0 Å². The summed E-state index contributed by atoms with van der Waals surface area (Å²) >= 11 is 0. The van der Waals surface area contributed by atoms with E-state index in [-0.39, 0.29) is 11.9 Å². The van der Waals surface area contributed by atoms with Gasteiger partial charge in [0.1, 0.15) is 5.82 Å². The summed E-state index contributed by atoms with van der Waals surface area (Å²) in [4.78, 5) is 4.55.